The largest absolute Gasteiger partial charge is 0.339 e. The smallest absolute Gasteiger partial charge is 0.232 e. The fourth-order valence-electron chi connectivity index (χ4n) is 5.25. The van der Waals surface area contributed by atoms with Crippen LogP contribution in [0.2, 0.25) is 0 Å². The zero-order chi connectivity index (χ0) is 20.7. The quantitative estimate of drug-likeness (QED) is 0.649. The van der Waals surface area contributed by atoms with Crippen molar-refractivity contribution in [1.82, 2.24) is 29.7 Å². The summed E-state index contributed by atoms with van der Waals surface area (Å²) in [4.78, 5) is 9.84. The predicted molar refractivity (Wildman–Crippen MR) is 115 cm³/mol. The van der Waals surface area contributed by atoms with Gasteiger partial charge >= 0.3 is 0 Å². The lowest BCUT2D eigenvalue weighted by atomic mass is 9.77. The summed E-state index contributed by atoms with van der Waals surface area (Å²) >= 11 is 0. The number of benzene rings is 1. The van der Waals surface area contributed by atoms with Crippen LogP contribution in [0.4, 0.5) is 0 Å². The second-order valence-electron chi connectivity index (χ2n) is 9.10. The molecule has 2 atom stereocenters. The SMILES string of the molecule is CCn1cc(CN2C[C@@H](c3nc(-c4cccc(C)c4)no3)[C@]3(CCN(C)C3)C2)cn1. The number of rotatable bonds is 5. The molecular formula is C23H30N6O. The van der Waals surface area contributed by atoms with Crippen LogP contribution < -0.4 is 0 Å². The van der Waals surface area contributed by atoms with Crippen LogP contribution >= 0.6 is 0 Å². The van der Waals surface area contributed by atoms with E-state index >= 15 is 0 Å². The van der Waals surface area contributed by atoms with Crippen molar-refractivity contribution in [2.24, 2.45) is 5.41 Å². The van der Waals surface area contributed by atoms with E-state index in [1.54, 1.807) is 0 Å². The van der Waals surface area contributed by atoms with Gasteiger partial charge in [0.1, 0.15) is 0 Å². The van der Waals surface area contributed by atoms with Gasteiger partial charge in [0.2, 0.25) is 11.7 Å². The molecule has 2 aliphatic rings. The number of likely N-dealkylation sites (tertiary alicyclic amines) is 2. The summed E-state index contributed by atoms with van der Waals surface area (Å²) in [5.41, 5.74) is 3.66. The highest BCUT2D eigenvalue weighted by Crippen LogP contribution is 2.48. The Bertz CT molecular complexity index is 1030. The van der Waals surface area contributed by atoms with Gasteiger partial charge in [-0.2, -0.15) is 10.1 Å². The van der Waals surface area contributed by atoms with Crippen molar-refractivity contribution in [1.29, 1.82) is 0 Å². The van der Waals surface area contributed by atoms with Gasteiger partial charge in [0.05, 0.1) is 12.1 Å². The fourth-order valence-corrected chi connectivity index (χ4v) is 5.25. The van der Waals surface area contributed by atoms with E-state index in [0.29, 0.717) is 5.82 Å². The van der Waals surface area contributed by atoms with Crippen molar-refractivity contribution in [3.05, 3.63) is 53.7 Å². The minimum atomic E-state index is 0.173. The summed E-state index contributed by atoms with van der Waals surface area (Å²) in [6.07, 6.45) is 5.32. The van der Waals surface area contributed by atoms with E-state index < -0.39 is 0 Å². The molecule has 5 rings (SSSR count). The molecule has 0 aliphatic carbocycles. The van der Waals surface area contributed by atoms with Gasteiger partial charge in [-0.25, -0.2) is 0 Å². The van der Waals surface area contributed by atoms with Gasteiger partial charge in [0.15, 0.2) is 0 Å². The highest BCUT2D eigenvalue weighted by atomic mass is 16.5. The molecule has 0 bridgehead atoms. The molecule has 2 aromatic heterocycles. The fraction of sp³-hybridized carbons (Fsp3) is 0.522. The topological polar surface area (TPSA) is 63.2 Å². The van der Waals surface area contributed by atoms with Crippen molar-refractivity contribution < 1.29 is 4.52 Å². The summed E-state index contributed by atoms with van der Waals surface area (Å²) in [5.74, 6) is 1.74. The molecule has 0 amide bonds. The summed E-state index contributed by atoms with van der Waals surface area (Å²) in [6, 6.07) is 8.29. The van der Waals surface area contributed by atoms with E-state index in [4.69, 9.17) is 9.51 Å². The van der Waals surface area contributed by atoms with E-state index in [1.165, 1.54) is 17.5 Å². The Labute approximate surface area is 177 Å². The van der Waals surface area contributed by atoms with E-state index in [9.17, 15) is 0 Å². The average Bonchev–Trinajstić information content (AvgIpc) is 3.50. The third kappa shape index (κ3) is 3.56. The molecule has 7 heteroatoms. The first-order valence-electron chi connectivity index (χ1n) is 10.9. The van der Waals surface area contributed by atoms with Crippen molar-refractivity contribution in [2.45, 2.75) is 39.3 Å². The van der Waals surface area contributed by atoms with Crippen molar-refractivity contribution in [3.63, 3.8) is 0 Å². The first kappa shape index (κ1) is 19.5. The first-order valence-corrected chi connectivity index (χ1v) is 10.9. The Morgan fingerprint density at radius 2 is 2.17 bits per heavy atom. The monoisotopic (exact) mass is 406 g/mol. The van der Waals surface area contributed by atoms with Crippen LogP contribution in [-0.2, 0) is 13.1 Å². The van der Waals surface area contributed by atoms with Gasteiger partial charge in [-0.1, -0.05) is 28.9 Å². The van der Waals surface area contributed by atoms with Crippen molar-refractivity contribution in [3.8, 4) is 11.4 Å². The van der Waals surface area contributed by atoms with E-state index in [0.717, 1.165) is 50.7 Å². The van der Waals surface area contributed by atoms with Crippen molar-refractivity contribution in [2.75, 3.05) is 33.2 Å². The molecule has 1 aromatic carbocycles. The van der Waals surface area contributed by atoms with Gasteiger partial charge in [-0.3, -0.25) is 9.58 Å². The molecule has 0 N–H and O–H groups in total. The molecule has 7 nitrogen and oxygen atoms in total. The molecule has 0 saturated carbocycles. The molecule has 0 radical (unpaired) electrons. The Kier molecular flexibility index (Phi) is 4.95. The third-order valence-corrected chi connectivity index (χ3v) is 6.73. The van der Waals surface area contributed by atoms with E-state index in [-0.39, 0.29) is 11.3 Å². The summed E-state index contributed by atoms with van der Waals surface area (Å²) in [7, 11) is 2.21. The number of nitrogens with zero attached hydrogens (tertiary/aromatic N) is 6. The standard InChI is InChI=1S/C23H30N6O/c1-4-29-13-18(11-24-29)12-28-14-20(23(16-28)8-9-27(3)15-23)22-25-21(26-30-22)19-7-5-6-17(2)10-19/h5-7,10-11,13,20H,4,8-9,12,14-16H2,1-3H3/t20-,23-/m0/s1. The summed E-state index contributed by atoms with van der Waals surface area (Å²) in [5, 5.41) is 8.78. The predicted octanol–water partition coefficient (Wildman–Crippen LogP) is 3.18. The van der Waals surface area contributed by atoms with Crippen LogP contribution in [0.5, 0.6) is 0 Å². The third-order valence-electron chi connectivity index (χ3n) is 6.73. The Balaban J connectivity index is 1.41. The highest BCUT2D eigenvalue weighted by molar-refractivity contribution is 5.55. The van der Waals surface area contributed by atoms with Gasteiger partial charge in [0, 0.05) is 55.5 Å². The second-order valence-corrected chi connectivity index (χ2v) is 9.10. The minimum Gasteiger partial charge on any atom is -0.339 e. The van der Waals surface area contributed by atoms with Crippen molar-refractivity contribution >= 4 is 0 Å². The van der Waals surface area contributed by atoms with Crippen LogP contribution in [0.3, 0.4) is 0 Å². The maximum atomic E-state index is 5.86. The summed E-state index contributed by atoms with van der Waals surface area (Å²) < 4.78 is 7.86. The molecule has 3 aromatic rings. The average molecular weight is 407 g/mol. The van der Waals surface area contributed by atoms with Gasteiger partial charge in [-0.15, -0.1) is 0 Å². The summed E-state index contributed by atoms with van der Waals surface area (Å²) in [6.45, 7) is 10.2. The number of aryl methyl sites for hydroxylation is 2. The minimum absolute atomic E-state index is 0.173. The molecule has 2 saturated heterocycles. The van der Waals surface area contributed by atoms with Crippen LogP contribution in [0, 0.1) is 12.3 Å². The van der Waals surface area contributed by atoms with Crippen LogP contribution in [0.15, 0.2) is 41.2 Å². The van der Waals surface area contributed by atoms with Crippen LogP contribution in [-0.4, -0.2) is 62.9 Å². The Hall–Kier alpha value is -2.51. The molecule has 1 spiro atoms. The van der Waals surface area contributed by atoms with Gasteiger partial charge < -0.3 is 9.42 Å². The zero-order valence-electron chi connectivity index (χ0n) is 18.1. The van der Waals surface area contributed by atoms with Crippen LogP contribution in [0.25, 0.3) is 11.4 Å². The molecule has 0 unspecified atom stereocenters. The number of aromatic nitrogens is 4. The molecule has 158 valence electrons. The van der Waals surface area contributed by atoms with Gasteiger partial charge in [-0.05, 0) is 39.9 Å². The maximum absolute atomic E-state index is 5.86. The van der Waals surface area contributed by atoms with E-state index in [1.807, 2.05) is 23.0 Å². The van der Waals surface area contributed by atoms with E-state index in [2.05, 4.69) is 59.3 Å². The molecule has 4 heterocycles. The lowest BCUT2D eigenvalue weighted by Gasteiger charge is -2.27. The first-order chi connectivity index (χ1) is 14.5. The Morgan fingerprint density at radius 1 is 1.27 bits per heavy atom. The maximum Gasteiger partial charge on any atom is 0.232 e. The molecule has 2 fully saturated rings. The molecular weight excluding hydrogens is 376 g/mol. The highest BCUT2D eigenvalue weighted by Gasteiger charge is 2.52. The lowest BCUT2D eigenvalue weighted by molar-refractivity contribution is 0.223. The Morgan fingerprint density at radius 3 is 2.90 bits per heavy atom. The lowest BCUT2D eigenvalue weighted by Crippen LogP contribution is -2.32. The van der Waals surface area contributed by atoms with Crippen LogP contribution in [0.1, 0.15) is 36.3 Å². The second kappa shape index (κ2) is 7.63. The molecule has 30 heavy (non-hydrogen) atoms. The zero-order valence-corrected chi connectivity index (χ0v) is 18.1. The van der Waals surface area contributed by atoms with Gasteiger partial charge in [0.25, 0.3) is 0 Å². The molecule has 2 aliphatic heterocycles. The number of hydrogen-bond acceptors (Lipinski definition) is 6. The normalized spacial score (nSPS) is 25.0. The number of hydrogen-bond donors (Lipinski definition) is 0.